The van der Waals surface area contributed by atoms with Crippen LogP contribution >= 0.6 is 0 Å². The van der Waals surface area contributed by atoms with Gasteiger partial charge in [0.2, 0.25) is 0 Å². The Morgan fingerprint density at radius 1 is 1.06 bits per heavy atom. The van der Waals surface area contributed by atoms with Crippen LogP contribution in [-0.4, -0.2) is 62.2 Å². The average molecular weight is 489 g/mol. The van der Waals surface area contributed by atoms with E-state index in [1.165, 1.54) is 12.1 Å². The summed E-state index contributed by atoms with van der Waals surface area (Å²) in [6, 6.07) is 14.0. The van der Waals surface area contributed by atoms with Gasteiger partial charge in [-0.25, -0.2) is 9.59 Å². The van der Waals surface area contributed by atoms with Crippen LogP contribution in [0.2, 0.25) is 0 Å². The third-order valence-corrected chi connectivity index (χ3v) is 7.43. The summed E-state index contributed by atoms with van der Waals surface area (Å²) in [5, 5.41) is 23.7. The molecule has 3 aromatic rings. The molecule has 36 heavy (non-hydrogen) atoms. The molecule has 186 valence electrons. The largest absolute Gasteiger partial charge is 0.508 e. The molecular formula is C27H28N4O5. The van der Waals surface area contributed by atoms with Crippen molar-refractivity contribution < 1.29 is 24.5 Å². The van der Waals surface area contributed by atoms with E-state index in [0.29, 0.717) is 18.3 Å². The van der Waals surface area contributed by atoms with Gasteiger partial charge in [-0.15, -0.1) is 0 Å². The first-order valence-corrected chi connectivity index (χ1v) is 12.3. The molecular weight excluding hydrogens is 460 g/mol. The summed E-state index contributed by atoms with van der Waals surface area (Å²) in [4.78, 5) is 27.8. The molecule has 9 heteroatoms. The van der Waals surface area contributed by atoms with Gasteiger partial charge in [0, 0.05) is 55.5 Å². The Kier molecular flexibility index (Phi) is 5.44. The number of piperidine rings is 1. The number of hydrogen-bond acceptors (Lipinski definition) is 6. The maximum absolute atomic E-state index is 12.7. The number of aromatic nitrogens is 2. The number of carbonyl (C=O) groups is 2. The molecule has 9 nitrogen and oxygen atoms in total. The lowest BCUT2D eigenvalue weighted by Gasteiger charge is -2.37. The third kappa shape index (κ3) is 4.30. The molecule has 2 N–H and O–H groups in total. The topological polar surface area (TPSA) is 108 Å². The van der Waals surface area contributed by atoms with Gasteiger partial charge in [0.05, 0.1) is 23.8 Å². The van der Waals surface area contributed by atoms with Crippen LogP contribution < -0.4 is 4.90 Å². The highest BCUT2D eigenvalue weighted by Gasteiger charge is 2.47. The van der Waals surface area contributed by atoms with E-state index in [1.54, 1.807) is 29.2 Å². The van der Waals surface area contributed by atoms with Gasteiger partial charge in [0.1, 0.15) is 11.4 Å². The highest BCUT2D eigenvalue weighted by molar-refractivity contribution is 5.92. The summed E-state index contributed by atoms with van der Waals surface area (Å²) in [5.41, 5.74) is 3.40. The van der Waals surface area contributed by atoms with E-state index in [-0.39, 0.29) is 17.4 Å². The number of phenols is 1. The maximum atomic E-state index is 12.7. The van der Waals surface area contributed by atoms with Crippen molar-refractivity contribution >= 4 is 17.7 Å². The van der Waals surface area contributed by atoms with Gasteiger partial charge in [0.15, 0.2) is 0 Å². The molecule has 0 unspecified atom stereocenters. The normalized spacial score (nSPS) is 19.6. The first-order valence-electron chi connectivity index (χ1n) is 12.3. The summed E-state index contributed by atoms with van der Waals surface area (Å²) in [6.45, 7) is 2.81. The summed E-state index contributed by atoms with van der Waals surface area (Å²) >= 11 is 0. The number of aromatic hydroxyl groups is 1. The Bertz CT molecular complexity index is 1290. The molecule has 3 heterocycles. The van der Waals surface area contributed by atoms with Gasteiger partial charge in [0.25, 0.3) is 0 Å². The van der Waals surface area contributed by atoms with Gasteiger partial charge in [-0.2, -0.15) is 5.10 Å². The molecule has 2 saturated heterocycles. The minimum Gasteiger partial charge on any atom is -0.508 e. The van der Waals surface area contributed by atoms with Crippen molar-refractivity contribution in [1.29, 1.82) is 0 Å². The number of rotatable bonds is 6. The molecule has 1 aromatic heterocycles. The minimum atomic E-state index is -0.995. The highest BCUT2D eigenvalue weighted by atomic mass is 16.6. The van der Waals surface area contributed by atoms with Crippen molar-refractivity contribution in [3.63, 3.8) is 0 Å². The van der Waals surface area contributed by atoms with E-state index in [1.807, 2.05) is 12.1 Å². The summed E-state index contributed by atoms with van der Waals surface area (Å²) < 4.78 is 7.96. The SMILES string of the molecule is O=C(O)c1ccc(N2CC3(CCN(Cc4cn(C5CC5)nc4-c4ccc(O)cc4)CC3)OC2=O)cc1. The van der Waals surface area contributed by atoms with E-state index in [0.717, 1.165) is 62.1 Å². The zero-order valence-electron chi connectivity index (χ0n) is 19.8. The van der Waals surface area contributed by atoms with Crippen molar-refractivity contribution in [3.8, 4) is 17.0 Å². The quantitative estimate of drug-likeness (QED) is 0.533. The van der Waals surface area contributed by atoms with Gasteiger partial charge in [-0.05, 0) is 61.4 Å². The van der Waals surface area contributed by atoms with Crippen LogP contribution in [0, 0.1) is 0 Å². The number of carboxylic acids is 1. The van der Waals surface area contributed by atoms with Crippen LogP contribution in [0.15, 0.2) is 54.7 Å². The Morgan fingerprint density at radius 2 is 1.75 bits per heavy atom. The molecule has 3 aliphatic rings. The molecule has 1 saturated carbocycles. The van der Waals surface area contributed by atoms with E-state index in [2.05, 4.69) is 15.8 Å². The van der Waals surface area contributed by atoms with E-state index in [4.69, 9.17) is 14.9 Å². The molecule has 0 atom stereocenters. The second-order valence-corrected chi connectivity index (χ2v) is 10.0. The van der Waals surface area contributed by atoms with Crippen molar-refractivity contribution in [2.45, 2.75) is 43.9 Å². The second-order valence-electron chi connectivity index (χ2n) is 10.0. The van der Waals surface area contributed by atoms with Gasteiger partial charge < -0.3 is 14.9 Å². The predicted molar refractivity (Wildman–Crippen MR) is 132 cm³/mol. The molecule has 2 aromatic carbocycles. The van der Waals surface area contributed by atoms with Crippen molar-refractivity contribution in [3.05, 3.63) is 65.9 Å². The number of carboxylic acid groups (broad SMARTS) is 1. The highest BCUT2D eigenvalue weighted by Crippen LogP contribution is 2.38. The molecule has 1 spiro atoms. The summed E-state index contributed by atoms with van der Waals surface area (Å²) in [6.07, 6.45) is 5.54. The monoisotopic (exact) mass is 488 g/mol. The van der Waals surface area contributed by atoms with Crippen molar-refractivity contribution in [1.82, 2.24) is 14.7 Å². The fraction of sp³-hybridized carbons (Fsp3) is 0.370. The molecule has 3 fully saturated rings. The summed E-state index contributed by atoms with van der Waals surface area (Å²) in [7, 11) is 0. The number of carbonyl (C=O) groups excluding carboxylic acids is 1. The molecule has 2 aliphatic heterocycles. The number of amides is 1. The number of aromatic carboxylic acids is 1. The lowest BCUT2D eigenvalue weighted by Crippen LogP contribution is -2.46. The fourth-order valence-electron chi connectivity index (χ4n) is 5.16. The maximum Gasteiger partial charge on any atom is 0.415 e. The molecule has 1 aliphatic carbocycles. The van der Waals surface area contributed by atoms with Crippen LogP contribution in [0.4, 0.5) is 10.5 Å². The summed E-state index contributed by atoms with van der Waals surface area (Å²) in [5.74, 6) is -0.758. The van der Waals surface area contributed by atoms with Gasteiger partial charge in [-0.1, -0.05) is 0 Å². The Morgan fingerprint density at radius 3 is 2.39 bits per heavy atom. The third-order valence-electron chi connectivity index (χ3n) is 7.43. The number of nitrogens with zero attached hydrogens (tertiary/aromatic N) is 4. The molecule has 1 amide bonds. The van der Waals surface area contributed by atoms with Crippen molar-refractivity contribution in [2.75, 3.05) is 24.5 Å². The zero-order chi connectivity index (χ0) is 24.9. The Hall–Kier alpha value is -3.85. The Balaban J connectivity index is 1.14. The number of anilines is 1. The first-order chi connectivity index (χ1) is 17.4. The zero-order valence-corrected chi connectivity index (χ0v) is 19.8. The van der Waals surface area contributed by atoms with Crippen LogP contribution in [0.1, 0.15) is 47.6 Å². The van der Waals surface area contributed by atoms with Crippen LogP contribution in [0.3, 0.4) is 0 Å². The number of ether oxygens (including phenoxy) is 1. The van der Waals surface area contributed by atoms with E-state index in [9.17, 15) is 14.7 Å². The second kappa shape index (κ2) is 8.67. The number of benzene rings is 2. The van der Waals surface area contributed by atoms with Gasteiger partial charge in [-0.3, -0.25) is 14.5 Å². The average Bonchev–Trinajstić information content (AvgIpc) is 3.57. The molecule has 0 bridgehead atoms. The van der Waals surface area contributed by atoms with Crippen molar-refractivity contribution in [2.24, 2.45) is 0 Å². The minimum absolute atomic E-state index is 0.186. The first kappa shape index (κ1) is 22.6. The molecule has 0 radical (unpaired) electrons. The number of hydrogen-bond donors (Lipinski definition) is 2. The Labute approximate surface area is 208 Å². The van der Waals surface area contributed by atoms with Gasteiger partial charge >= 0.3 is 12.1 Å². The standard InChI is InChI=1S/C27H28N4O5/c32-23-9-3-18(4-10-23)24-20(16-31(28-24)22-7-8-22)15-29-13-11-27(12-14-29)17-30(26(35)36-27)21-5-1-19(2-6-21)25(33)34/h1-6,9-10,16,22,32H,7-8,11-15,17H2,(H,33,34). The molecule has 6 rings (SSSR count). The number of phenolic OH excluding ortho intramolecular Hbond substituents is 1. The number of likely N-dealkylation sites (tertiary alicyclic amines) is 1. The van der Waals surface area contributed by atoms with Crippen LogP contribution in [0.25, 0.3) is 11.3 Å². The van der Waals surface area contributed by atoms with E-state index < -0.39 is 11.6 Å². The van der Waals surface area contributed by atoms with Crippen LogP contribution in [-0.2, 0) is 11.3 Å². The van der Waals surface area contributed by atoms with Crippen LogP contribution in [0.5, 0.6) is 5.75 Å². The van der Waals surface area contributed by atoms with E-state index >= 15 is 0 Å². The lowest BCUT2D eigenvalue weighted by molar-refractivity contribution is -0.000948. The lowest BCUT2D eigenvalue weighted by atomic mass is 9.91. The predicted octanol–water partition coefficient (Wildman–Crippen LogP) is 4.28. The fourth-order valence-corrected chi connectivity index (χ4v) is 5.16. The smallest absolute Gasteiger partial charge is 0.415 e.